The van der Waals surface area contributed by atoms with Gasteiger partial charge in [-0.2, -0.15) is 0 Å². The molecule has 0 saturated carbocycles. The summed E-state index contributed by atoms with van der Waals surface area (Å²) in [6.07, 6.45) is 1.99. The van der Waals surface area contributed by atoms with Crippen molar-refractivity contribution in [2.45, 2.75) is 40.0 Å². The highest BCUT2D eigenvalue weighted by molar-refractivity contribution is 7.79. The fourth-order valence-electron chi connectivity index (χ4n) is 1.83. The first-order valence-corrected chi connectivity index (χ1v) is 7.13. The molecule has 0 aromatic heterocycles. The number of Topliss-reactive ketones (excluding diaryl/α,β-unsaturated/α-hetero) is 1. The number of carbonyl (C=O) groups excluding carboxylic acids is 1. The molecule has 0 saturated heterocycles. The summed E-state index contributed by atoms with van der Waals surface area (Å²) in [6.45, 7) is 10.1. The number of allylic oxidation sites excluding steroid dienone is 1. The van der Waals surface area contributed by atoms with Gasteiger partial charge in [0.2, 0.25) is 0 Å². The van der Waals surface area contributed by atoms with Crippen LogP contribution in [0.25, 0.3) is 0 Å². The van der Waals surface area contributed by atoms with E-state index in [4.69, 9.17) is 17.0 Å². The number of hydrogen-bond acceptors (Lipinski definition) is 3. The first kappa shape index (κ1) is 16.6. The second-order valence-electron chi connectivity index (χ2n) is 5.67. The largest absolute Gasteiger partial charge is 0.488 e. The molecule has 2 nitrogen and oxygen atoms in total. The van der Waals surface area contributed by atoms with E-state index in [0.29, 0.717) is 17.9 Å². The average Bonchev–Trinajstić information content (AvgIpc) is 2.38. The molecule has 108 valence electrons. The molecule has 20 heavy (non-hydrogen) atoms. The van der Waals surface area contributed by atoms with Crippen LogP contribution in [0.4, 0.5) is 0 Å². The van der Waals surface area contributed by atoms with Gasteiger partial charge in [-0.15, -0.1) is 0 Å². The van der Waals surface area contributed by atoms with Crippen LogP contribution in [0.15, 0.2) is 29.8 Å². The maximum atomic E-state index is 11.8. The molecule has 0 bridgehead atoms. The van der Waals surface area contributed by atoms with Crippen molar-refractivity contribution in [3.05, 3.63) is 41.0 Å². The van der Waals surface area contributed by atoms with Gasteiger partial charge in [0.25, 0.3) is 0 Å². The first-order chi connectivity index (χ1) is 9.29. The molecular formula is C17H22O2S. The minimum atomic E-state index is -0.318. The van der Waals surface area contributed by atoms with Crippen molar-refractivity contribution >= 4 is 23.4 Å². The van der Waals surface area contributed by atoms with Crippen molar-refractivity contribution in [2.24, 2.45) is 0 Å². The standard InChI is InChI=1S/C17H22O2S/c1-12(2)9-10-19-16-14(13(3)18)7-6-8-15(16)17(4,5)11-20/h6-9,11H,10H2,1-5H3. The van der Waals surface area contributed by atoms with Crippen LogP contribution < -0.4 is 4.74 Å². The summed E-state index contributed by atoms with van der Waals surface area (Å²) in [5, 5.41) is 1.71. The summed E-state index contributed by atoms with van der Waals surface area (Å²) < 4.78 is 5.87. The van der Waals surface area contributed by atoms with Gasteiger partial charge in [0.05, 0.1) is 5.56 Å². The number of carbonyl (C=O) groups is 1. The van der Waals surface area contributed by atoms with Gasteiger partial charge in [0.15, 0.2) is 5.78 Å². The van der Waals surface area contributed by atoms with E-state index in [1.165, 1.54) is 5.57 Å². The van der Waals surface area contributed by atoms with E-state index in [-0.39, 0.29) is 11.2 Å². The van der Waals surface area contributed by atoms with Crippen LogP contribution in [0, 0.1) is 0 Å². The SMILES string of the molecule is CC(=O)c1cccc(C(C)(C)C=S)c1OCC=C(C)C. The molecule has 1 aromatic rings. The van der Waals surface area contributed by atoms with Crippen LogP contribution in [0.1, 0.15) is 50.5 Å². The summed E-state index contributed by atoms with van der Waals surface area (Å²) in [6, 6.07) is 5.64. The molecule has 1 rings (SSSR count). The average molecular weight is 290 g/mol. The number of rotatable bonds is 6. The summed E-state index contributed by atoms with van der Waals surface area (Å²) in [5.74, 6) is 0.641. The van der Waals surface area contributed by atoms with Crippen LogP contribution in [-0.4, -0.2) is 17.8 Å². The van der Waals surface area contributed by atoms with E-state index in [1.54, 1.807) is 18.4 Å². The van der Waals surface area contributed by atoms with Gasteiger partial charge in [-0.1, -0.05) is 43.8 Å². The third kappa shape index (κ3) is 4.01. The van der Waals surface area contributed by atoms with E-state index >= 15 is 0 Å². The van der Waals surface area contributed by atoms with Crippen LogP contribution in [0.2, 0.25) is 0 Å². The van der Waals surface area contributed by atoms with Crippen molar-refractivity contribution in [2.75, 3.05) is 6.61 Å². The molecule has 1 aromatic carbocycles. The van der Waals surface area contributed by atoms with E-state index in [2.05, 4.69) is 0 Å². The zero-order chi connectivity index (χ0) is 15.3. The topological polar surface area (TPSA) is 26.3 Å². The molecule has 0 N–H and O–H groups in total. The highest BCUT2D eigenvalue weighted by atomic mass is 32.1. The van der Waals surface area contributed by atoms with E-state index in [1.807, 2.05) is 45.9 Å². The number of benzene rings is 1. The monoisotopic (exact) mass is 290 g/mol. The van der Waals surface area contributed by atoms with E-state index < -0.39 is 0 Å². The maximum absolute atomic E-state index is 11.8. The molecule has 0 amide bonds. The minimum absolute atomic E-state index is 0.000724. The summed E-state index contributed by atoms with van der Waals surface area (Å²) in [5.41, 5.74) is 2.42. The molecule has 0 atom stereocenters. The number of ether oxygens (including phenoxy) is 1. The van der Waals surface area contributed by atoms with Crippen molar-refractivity contribution in [3.8, 4) is 5.75 Å². The third-order valence-corrected chi connectivity index (χ3v) is 3.69. The van der Waals surface area contributed by atoms with Gasteiger partial charge in [-0.3, -0.25) is 4.79 Å². The van der Waals surface area contributed by atoms with Crippen molar-refractivity contribution in [1.82, 2.24) is 0 Å². The summed E-state index contributed by atoms with van der Waals surface area (Å²) in [7, 11) is 0. The minimum Gasteiger partial charge on any atom is -0.488 e. The lowest BCUT2D eigenvalue weighted by Gasteiger charge is -2.24. The smallest absolute Gasteiger partial charge is 0.163 e. The molecule has 0 spiro atoms. The Bertz CT molecular complexity index is 538. The lowest BCUT2D eigenvalue weighted by molar-refractivity contribution is 0.101. The zero-order valence-corrected chi connectivity index (χ0v) is 13.6. The third-order valence-electron chi connectivity index (χ3n) is 3.10. The molecule has 0 aliphatic heterocycles. The molecule has 0 radical (unpaired) electrons. The second kappa shape index (κ2) is 6.80. The Morgan fingerprint density at radius 1 is 1.30 bits per heavy atom. The van der Waals surface area contributed by atoms with Gasteiger partial charge < -0.3 is 4.74 Å². The van der Waals surface area contributed by atoms with Crippen LogP contribution >= 0.6 is 12.2 Å². The Morgan fingerprint density at radius 3 is 2.45 bits per heavy atom. The maximum Gasteiger partial charge on any atom is 0.163 e. The number of thiocarbonyl (C=S) groups is 1. The predicted molar refractivity (Wildman–Crippen MR) is 88.1 cm³/mol. The molecule has 0 unspecified atom stereocenters. The fourth-order valence-corrected chi connectivity index (χ4v) is 1.96. The van der Waals surface area contributed by atoms with Crippen molar-refractivity contribution < 1.29 is 9.53 Å². The van der Waals surface area contributed by atoms with Gasteiger partial charge >= 0.3 is 0 Å². The van der Waals surface area contributed by atoms with Gasteiger partial charge in [0, 0.05) is 11.0 Å². The molecule has 0 aliphatic rings. The number of hydrogen-bond donors (Lipinski definition) is 0. The fraction of sp³-hybridized carbons (Fsp3) is 0.412. The molecule has 0 fully saturated rings. The first-order valence-electron chi connectivity index (χ1n) is 6.66. The number of ketones is 1. The molecular weight excluding hydrogens is 268 g/mol. The van der Waals surface area contributed by atoms with Crippen molar-refractivity contribution in [3.63, 3.8) is 0 Å². The lowest BCUT2D eigenvalue weighted by atomic mass is 9.84. The molecule has 0 heterocycles. The Labute approximate surface area is 126 Å². The Morgan fingerprint density at radius 2 is 1.95 bits per heavy atom. The van der Waals surface area contributed by atoms with E-state index in [9.17, 15) is 4.79 Å². The quantitative estimate of drug-likeness (QED) is 0.438. The summed E-state index contributed by atoms with van der Waals surface area (Å²) in [4.78, 5) is 11.8. The summed E-state index contributed by atoms with van der Waals surface area (Å²) >= 11 is 5.12. The Kier molecular flexibility index (Phi) is 5.63. The molecule has 0 aliphatic carbocycles. The lowest BCUT2D eigenvalue weighted by Crippen LogP contribution is -2.20. The normalized spacial score (nSPS) is 10.8. The predicted octanol–water partition coefficient (Wildman–Crippen LogP) is 4.51. The van der Waals surface area contributed by atoms with Gasteiger partial charge in [0.1, 0.15) is 12.4 Å². The molecule has 3 heteroatoms. The second-order valence-corrected chi connectivity index (χ2v) is 5.91. The van der Waals surface area contributed by atoms with Crippen LogP contribution in [0.5, 0.6) is 5.75 Å². The van der Waals surface area contributed by atoms with Crippen LogP contribution in [-0.2, 0) is 5.41 Å². The van der Waals surface area contributed by atoms with E-state index in [0.717, 1.165) is 5.56 Å². The van der Waals surface area contributed by atoms with Gasteiger partial charge in [-0.05, 0) is 38.3 Å². The highest BCUT2D eigenvalue weighted by Crippen LogP contribution is 2.34. The van der Waals surface area contributed by atoms with Crippen LogP contribution in [0.3, 0.4) is 0 Å². The number of para-hydroxylation sites is 1. The van der Waals surface area contributed by atoms with Crippen molar-refractivity contribution in [1.29, 1.82) is 0 Å². The van der Waals surface area contributed by atoms with Gasteiger partial charge in [-0.25, -0.2) is 0 Å². The Balaban J connectivity index is 3.30. The zero-order valence-electron chi connectivity index (χ0n) is 12.8. The Hall–Kier alpha value is -1.48. The highest BCUT2D eigenvalue weighted by Gasteiger charge is 2.24.